The van der Waals surface area contributed by atoms with Crippen LogP contribution in [0, 0.1) is 0 Å². The third-order valence-electron chi connectivity index (χ3n) is 0.474. The highest BCUT2D eigenvalue weighted by molar-refractivity contribution is 8.18. The summed E-state index contributed by atoms with van der Waals surface area (Å²) in [5.41, 5.74) is -0.255. The first-order valence-electron chi connectivity index (χ1n) is 2.20. The average Bonchev–Trinajstić information content (AvgIpc) is 1.14. The molecule has 0 aliphatic rings. The molecular weight excluding hydrogens is 179 g/mol. The lowest BCUT2D eigenvalue weighted by molar-refractivity contribution is 0.489. The van der Waals surface area contributed by atoms with Crippen LogP contribution in [-0.4, -0.2) is 31.8 Å². The van der Waals surface area contributed by atoms with Gasteiger partial charge in [-0.2, -0.15) is 8.42 Å². The van der Waals surface area contributed by atoms with Crippen molar-refractivity contribution >= 4 is 28.0 Å². The molecule has 0 aliphatic heterocycles. The van der Waals surface area contributed by atoms with Crippen LogP contribution in [0.4, 0.5) is 0 Å². The summed E-state index contributed by atoms with van der Waals surface area (Å²) >= 11 is 4.80. The van der Waals surface area contributed by atoms with Gasteiger partial charge in [0.05, 0.1) is 0 Å². The molecule has 0 aromatic heterocycles. The molecule has 0 aromatic carbocycles. The summed E-state index contributed by atoms with van der Waals surface area (Å²) in [6.45, 7) is 3.35. The molecule has 0 aliphatic carbocycles. The molecule has 0 atom stereocenters. The fraction of sp³-hybridized carbons (Fsp3) is 1.00. The monoisotopic (exact) mass is 188 g/mol. The molecule has 0 spiro atoms. The molecule has 1 N–H and O–H groups in total. The van der Waals surface area contributed by atoms with Crippen LogP contribution in [-0.2, 0) is 21.9 Å². The van der Waals surface area contributed by atoms with E-state index in [0.717, 1.165) is 0 Å². The molecule has 56 valence electrons. The van der Waals surface area contributed by atoms with Crippen molar-refractivity contribution in [3.63, 3.8) is 0 Å². The maximum atomic E-state index is 10.2. The lowest BCUT2D eigenvalue weighted by atomic mass is 11.8. The van der Waals surface area contributed by atoms with E-state index in [1.807, 2.05) is 0 Å². The van der Waals surface area contributed by atoms with Gasteiger partial charge in [-0.1, -0.05) is 11.8 Å². The fourth-order valence-corrected chi connectivity index (χ4v) is 4.73. The molecule has 0 unspecified atom stereocenters. The molecule has 3 nitrogen and oxygen atoms in total. The van der Waals surface area contributed by atoms with E-state index in [9.17, 15) is 8.42 Å². The van der Waals surface area contributed by atoms with Gasteiger partial charge in [0.1, 0.15) is 5.49 Å². The lowest BCUT2D eigenvalue weighted by Gasteiger charge is -2.04. The van der Waals surface area contributed by atoms with Crippen molar-refractivity contribution in [3.8, 4) is 0 Å². The summed E-state index contributed by atoms with van der Waals surface area (Å²) in [4.78, 5) is 0. The van der Waals surface area contributed by atoms with Crippen molar-refractivity contribution in [1.82, 2.24) is 0 Å². The van der Waals surface area contributed by atoms with Crippen molar-refractivity contribution in [3.05, 3.63) is 0 Å². The Labute approximate surface area is 60.2 Å². The molecular formula is C3H9O3PS2. The summed E-state index contributed by atoms with van der Waals surface area (Å²) < 4.78 is 28.6. The number of rotatable bonds is 2. The largest absolute Gasteiger partial charge is 0.285 e. The SMILES string of the molecule is CP(C)(=S)CS(=O)(=O)O. The molecule has 6 heteroatoms. The lowest BCUT2D eigenvalue weighted by Crippen LogP contribution is -2.02. The van der Waals surface area contributed by atoms with Crippen molar-refractivity contribution < 1.29 is 13.0 Å². The van der Waals surface area contributed by atoms with Crippen molar-refractivity contribution in [2.24, 2.45) is 0 Å². The Hall–Kier alpha value is 0.560. The molecule has 0 saturated carbocycles. The minimum atomic E-state index is -3.84. The van der Waals surface area contributed by atoms with E-state index in [1.165, 1.54) is 0 Å². The predicted molar refractivity (Wildman–Crippen MR) is 42.5 cm³/mol. The Morgan fingerprint density at radius 3 is 1.89 bits per heavy atom. The highest BCUT2D eigenvalue weighted by Gasteiger charge is 2.12. The van der Waals surface area contributed by atoms with Crippen LogP contribution in [0.15, 0.2) is 0 Å². The van der Waals surface area contributed by atoms with Gasteiger partial charge >= 0.3 is 0 Å². The van der Waals surface area contributed by atoms with Crippen molar-refractivity contribution in [1.29, 1.82) is 0 Å². The Kier molecular flexibility index (Phi) is 2.83. The van der Waals surface area contributed by atoms with Crippen molar-refractivity contribution in [2.45, 2.75) is 0 Å². The van der Waals surface area contributed by atoms with Gasteiger partial charge in [-0.15, -0.1) is 0 Å². The summed E-state index contributed by atoms with van der Waals surface area (Å²) in [6, 6.07) is -1.79. The number of hydrogen-bond acceptors (Lipinski definition) is 3. The Morgan fingerprint density at radius 2 is 1.89 bits per heavy atom. The summed E-state index contributed by atoms with van der Waals surface area (Å²) in [7, 11) is -3.84. The van der Waals surface area contributed by atoms with E-state index < -0.39 is 16.2 Å². The second kappa shape index (κ2) is 2.66. The smallest absolute Gasteiger partial charge is 0.269 e. The number of hydrogen-bond donors (Lipinski definition) is 1. The molecule has 0 amide bonds. The first-order valence-corrected chi connectivity index (χ1v) is 7.69. The van der Waals surface area contributed by atoms with E-state index in [4.69, 9.17) is 16.4 Å². The van der Waals surface area contributed by atoms with Gasteiger partial charge in [-0.3, -0.25) is 4.55 Å². The zero-order valence-electron chi connectivity index (χ0n) is 5.23. The maximum Gasteiger partial charge on any atom is 0.269 e. The molecule has 0 heterocycles. The molecule has 0 fully saturated rings. The van der Waals surface area contributed by atoms with Gasteiger partial charge < -0.3 is 0 Å². The standard InChI is InChI=1S/C3H9O3PS2/c1-7(2,8)3-9(4,5)6/h3H2,1-2H3,(H,4,5,6). The van der Waals surface area contributed by atoms with Crippen LogP contribution in [0.5, 0.6) is 0 Å². The minimum absolute atomic E-state index is 0.255. The fourth-order valence-electron chi connectivity index (χ4n) is 0.393. The van der Waals surface area contributed by atoms with E-state index >= 15 is 0 Å². The zero-order valence-corrected chi connectivity index (χ0v) is 7.76. The van der Waals surface area contributed by atoms with Gasteiger partial charge in [0.15, 0.2) is 0 Å². The quantitative estimate of drug-likeness (QED) is 0.508. The third-order valence-corrected chi connectivity index (χ3v) is 5.22. The average molecular weight is 188 g/mol. The second-order valence-corrected chi connectivity index (χ2v) is 10.6. The first kappa shape index (κ1) is 9.56. The predicted octanol–water partition coefficient (Wildman–Crippen LogP) is 0.571. The third kappa shape index (κ3) is 8.56. The highest BCUT2D eigenvalue weighted by Crippen LogP contribution is 2.37. The minimum Gasteiger partial charge on any atom is -0.285 e. The van der Waals surface area contributed by atoms with E-state index in [2.05, 4.69) is 0 Å². The topological polar surface area (TPSA) is 54.4 Å². The van der Waals surface area contributed by atoms with Gasteiger partial charge in [-0.05, 0) is 19.4 Å². The second-order valence-electron chi connectivity index (χ2n) is 2.28. The molecule has 0 radical (unpaired) electrons. The van der Waals surface area contributed by atoms with Crippen LogP contribution >= 0.6 is 6.04 Å². The van der Waals surface area contributed by atoms with E-state index in [-0.39, 0.29) is 5.49 Å². The van der Waals surface area contributed by atoms with Crippen LogP contribution in [0.3, 0.4) is 0 Å². The van der Waals surface area contributed by atoms with Crippen LogP contribution in [0.25, 0.3) is 0 Å². The first-order chi connectivity index (χ1) is 3.71. The summed E-state index contributed by atoms with van der Waals surface area (Å²) in [6.07, 6.45) is 0. The van der Waals surface area contributed by atoms with E-state index in [0.29, 0.717) is 0 Å². The Balaban J connectivity index is 4.26. The molecule has 0 bridgehead atoms. The molecule has 0 saturated heterocycles. The highest BCUT2D eigenvalue weighted by atomic mass is 32.4. The van der Waals surface area contributed by atoms with Gasteiger partial charge in [0.2, 0.25) is 0 Å². The van der Waals surface area contributed by atoms with Gasteiger partial charge in [0, 0.05) is 0 Å². The van der Waals surface area contributed by atoms with Crippen molar-refractivity contribution in [2.75, 3.05) is 18.8 Å². The normalized spacial score (nSPS) is 13.7. The Morgan fingerprint density at radius 1 is 1.56 bits per heavy atom. The molecule has 9 heavy (non-hydrogen) atoms. The van der Waals surface area contributed by atoms with Gasteiger partial charge in [0.25, 0.3) is 10.1 Å². The van der Waals surface area contributed by atoms with Crippen LogP contribution < -0.4 is 0 Å². The summed E-state index contributed by atoms with van der Waals surface area (Å²) in [5, 5.41) is 0. The van der Waals surface area contributed by atoms with E-state index in [1.54, 1.807) is 13.3 Å². The van der Waals surface area contributed by atoms with Crippen LogP contribution in [0.2, 0.25) is 0 Å². The van der Waals surface area contributed by atoms with Gasteiger partial charge in [-0.25, -0.2) is 0 Å². The molecule has 0 aromatic rings. The Bertz CT molecular complexity index is 223. The zero-order chi connectivity index (χ0) is 7.71. The van der Waals surface area contributed by atoms with Crippen LogP contribution in [0.1, 0.15) is 0 Å². The molecule has 0 rings (SSSR count). The maximum absolute atomic E-state index is 10.2. The summed E-state index contributed by atoms with van der Waals surface area (Å²) in [5.74, 6) is 0.